The summed E-state index contributed by atoms with van der Waals surface area (Å²) in [5, 5.41) is 0.350. The van der Waals surface area contributed by atoms with Crippen LogP contribution in [0.5, 0.6) is 0 Å². The summed E-state index contributed by atoms with van der Waals surface area (Å²) in [5.74, 6) is -0.0914. The maximum Gasteiger partial charge on any atom is 0.261 e. The molecular formula is C23H24FN3O4S. The van der Waals surface area contributed by atoms with Crippen molar-refractivity contribution < 1.29 is 17.6 Å². The number of pyridine rings is 1. The van der Waals surface area contributed by atoms with Crippen molar-refractivity contribution in [3.8, 4) is 0 Å². The van der Waals surface area contributed by atoms with E-state index in [9.17, 15) is 22.4 Å². The van der Waals surface area contributed by atoms with E-state index in [0.29, 0.717) is 35.8 Å². The molecular weight excluding hydrogens is 433 g/mol. The average molecular weight is 458 g/mol. The third-order valence-corrected chi connectivity index (χ3v) is 6.99. The predicted octanol–water partition coefficient (Wildman–Crippen LogP) is 3.59. The minimum Gasteiger partial charge on any atom is -0.338 e. The summed E-state index contributed by atoms with van der Waals surface area (Å²) < 4.78 is 41.3. The van der Waals surface area contributed by atoms with Crippen LogP contribution in [0.4, 0.5) is 10.1 Å². The molecule has 4 rings (SSSR count). The highest BCUT2D eigenvalue weighted by Crippen LogP contribution is 2.26. The Morgan fingerprint density at radius 1 is 1.06 bits per heavy atom. The highest BCUT2D eigenvalue weighted by atomic mass is 32.2. The average Bonchev–Trinajstić information content (AvgIpc) is 2.73. The second-order valence-corrected chi connectivity index (χ2v) is 10.2. The lowest BCUT2D eigenvalue weighted by molar-refractivity contribution is 0.0625. The van der Waals surface area contributed by atoms with Crippen LogP contribution in [0.15, 0.2) is 58.2 Å². The molecule has 1 saturated heterocycles. The molecule has 168 valence electrons. The number of aromatic amines is 1. The number of anilines is 1. The minimum atomic E-state index is -4.00. The van der Waals surface area contributed by atoms with E-state index in [1.54, 1.807) is 4.90 Å². The molecule has 0 aliphatic carbocycles. The normalized spacial score (nSPS) is 19.2. The molecule has 0 spiro atoms. The van der Waals surface area contributed by atoms with E-state index in [1.807, 2.05) is 0 Å². The first kappa shape index (κ1) is 22.0. The monoisotopic (exact) mass is 457 g/mol. The molecule has 0 saturated carbocycles. The maximum absolute atomic E-state index is 13.3. The Morgan fingerprint density at radius 2 is 1.72 bits per heavy atom. The van der Waals surface area contributed by atoms with E-state index < -0.39 is 21.4 Å². The number of amides is 1. The standard InChI is InChI=1S/C23H24FN3O4S/c1-14-9-15(2)13-27(12-14)23(29)20-11-22(28)25-21-8-7-18(10-19(20)21)32(30,31)26-17-5-3-16(24)4-6-17/h3-8,10-11,14-15,26H,9,12-13H2,1-2H3,(H,25,28)/t14-,15+. The van der Waals surface area contributed by atoms with Crippen molar-refractivity contribution in [1.29, 1.82) is 0 Å². The van der Waals surface area contributed by atoms with Gasteiger partial charge in [0.1, 0.15) is 5.82 Å². The van der Waals surface area contributed by atoms with E-state index in [0.717, 1.165) is 18.6 Å². The zero-order chi connectivity index (χ0) is 23.0. The van der Waals surface area contributed by atoms with Gasteiger partial charge in [-0.25, -0.2) is 12.8 Å². The first-order valence-electron chi connectivity index (χ1n) is 10.4. The van der Waals surface area contributed by atoms with E-state index in [-0.39, 0.29) is 22.1 Å². The molecule has 0 bridgehead atoms. The fraction of sp³-hybridized carbons (Fsp3) is 0.304. The molecule has 1 aliphatic heterocycles. The lowest BCUT2D eigenvalue weighted by Crippen LogP contribution is -2.42. The van der Waals surface area contributed by atoms with Gasteiger partial charge >= 0.3 is 0 Å². The highest BCUT2D eigenvalue weighted by molar-refractivity contribution is 7.92. The van der Waals surface area contributed by atoms with Crippen molar-refractivity contribution in [2.45, 2.75) is 25.2 Å². The number of likely N-dealkylation sites (tertiary alicyclic amines) is 1. The number of carbonyl (C=O) groups is 1. The quantitative estimate of drug-likeness (QED) is 0.625. The molecule has 32 heavy (non-hydrogen) atoms. The van der Waals surface area contributed by atoms with Gasteiger partial charge in [-0.3, -0.25) is 14.3 Å². The van der Waals surface area contributed by atoms with Crippen molar-refractivity contribution in [1.82, 2.24) is 9.88 Å². The first-order valence-corrected chi connectivity index (χ1v) is 11.9. The summed E-state index contributed by atoms with van der Waals surface area (Å²) in [6.07, 6.45) is 1.03. The van der Waals surface area contributed by atoms with Crippen LogP contribution >= 0.6 is 0 Å². The van der Waals surface area contributed by atoms with Gasteiger partial charge in [-0.2, -0.15) is 0 Å². The summed E-state index contributed by atoms with van der Waals surface area (Å²) >= 11 is 0. The molecule has 2 atom stereocenters. The lowest BCUT2D eigenvalue weighted by atomic mass is 9.91. The summed E-state index contributed by atoms with van der Waals surface area (Å²) in [6, 6.07) is 10.4. The van der Waals surface area contributed by atoms with Gasteiger partial charge < -0.3 is 9.88 Å². The molecule has 1 amide bonds. The zero-order valence-corrected chi connectivity index (χ0v) is 18.6. The Hall–Kier alpha value is -3.20. The van der Waals surface area contributed by atoms with Gasteiger partial charge in [-0.05, 0) is 60.7 Å². The lowest BCUT2D eigenvalue weighted by Gasteiger charge is -2.35. The number of aromatic nitrogens is 1. The van der Waals surface area contributed by atoms with Crippen LogP contribution in [0, 0.1) is 17.7 Å². The minimum absolute atomic E-state index is 0.0733. The van der Waals surface area contributed by atoms with Crippen molar-refractivity contribution in [2.75, 3.05) is 17.8 Å². The number of nitrogens with one attached hydrogen (secondary N) is 2. The Labute approximate surface area is 185 Å². The number of rotatable bonds is 4. The molecule has 1 fully saturated rings. The molecule has 9 heteroatoms. The SMILES string of the molecule is C[C@@H]1C[C@H](C)CN(C(=O)c2cc(=O)[nH]c3ccc(S(=O)(=O)Nc4ccc(F)cc4)cc23)C1. The van der Waals surface area contributed by atoms with Gasteiger partial charge in [0.05, 0.1) is 10.5 Å². The van der Waals surface area contributed by atoms with Crippen LogP contribution < -0.4 is 10.3 Å². The summed E-state index contributed by atoms with van der Waals surface area (Å²) in [6.45, 7) is 5.33. The second-order valence-electron chi connectivity index (χ2n) is 8.52. The van der Waals surface area contributed by atoms with Crippen molar-refractivity contribution >= 4 is 32.5 Å². The number of piperidine rings is 1. The number of fused-ring (bicyclic) bond motifs is 1. The number of nitrogens with zero attached hydrogens (tertiary/aromatic N) is 1. The predicted molar refractivity (Wildman–Crippen MR) is 121 cm³/mol. The zero-order valence-electron chi connectivity index (χ0n) is 17.8. The van der Waals surface area contributed by atoms with Crippen LogP contribution in [0.25, 0.3) is 10.9 Å². The molecule has 1 aliphatic rings. The Bertz CT molecular complexity index is 1330. The molecule has 2 aromatic carbocycles. The maximum atomic E-state index is 13.3. The second kappa shape index (κ2) is 8.38. The number of sulfonamides is 1. The van der Waals surface area contributed by atoms with Crippen LogP contribution in [-0.2, 0) is 10.0 Å². The number of carbonyl (C=O) groups excluding carboxylic acids is 1. The van der Waals surface area contributed by atoms with E-state index >= 15 is 0 Å². The molecule has 0 unspecified atom stereocenters. The van der Waals surface area contributed by atoms with Gasteiger partial charge in [0.15, 0.2) is 0 Å². The van der Waals surface area contributed by atoms with Crippen LogP contribution in [-0.4, -0.2) is 37.3 Å². The third kappa shape index (κ3) is 4.52. The van der Waals surface area contributed by atoms with Gasteiger partial charge in [0.2, 0.25) is 5.56 Å². The molecule has 7 nitrogen and oxygen atoms in total. The molecule has 0 radical (unpaired) electrons. The smallest absolute Gasteiger partial charge is 0.261 e. The number of halogens is 1. The summed E-state index contributed by atoms with van der Waals surface area (Å²) in [7, 11) is -4.00. The van der Waals surface area contributed by atoms with Crippen molar-refractivity contribution in [3.63, 3.8) is 0 Å². The third-order valence-electron chi connectivity index (χ3n) is 5.61. The molecule has 2 heterocycles. The summed E-state index contributed by atoms with van der Waals surface area (Å²) in [5.41, 5.74) is 0.322. The van der Waals surface area contributed by atoms with Crippen molar-refractivity contribution in [2.24, 2.45) is 11.8 Å². The number of benzene rings is 2. The molecule has 1 aromatic heterocycles. The van der Waals surface area contributed by atoms with Gasteiger partial charge in [0, 0.05) is 35.7 Å². The van der Waals surface area contributed by atoms with E-state index in [2.05, 4.69) is 23.6 Å². The van der Waals surface area contributed by atoms with Crippen molar-refractivity contribution in [3.05, 3.63) is 70.3 Å². The van der Waals surface area contributed by atoms with Gasteiger partial charge in [-0.1, -0.05) is 13.8 Å². The van der Waals surface area contributed by atoms with Crippen LogP contribution in [0.2, 0.25) is 0 Å². The van der Waals surface area contributed by atoms with Crippen LogP contribution in [0.3, 0.4) is 0 Å². The number of hydrogen-bond acceptors (Lipinski definition) is 4. The number of H-pyrrole nitrogens is 1. The Morgan fingerprint density at radius 3 is 2.38 bits per heavy atom. The van der Waals surface area contributed by atoms with E-state index in [4.69, 9.17) is 0 Å². The van der Waals surface area contributed by atoms with Crippen LogP contribution in [0.1, 0.15) is 30.6 Å². The largest absolute Gasteiger partial charge is 0.338 e. The van der Waals surface area contributed by atoms with E-state index in [1.165, 1.54) is 36.4 Å². The Balaban J connectivity index is 1.74. The van der Waals surface area contributed by atoms with Gasteiger partial charge in [0.25, 0.3) is 15.9 Å². The summed E-state index contributed by atoms with van der Waals surface area (Å²) in [4.78, 5) is 29.8. The fourth-order valence-electron chi connectivity index (χ4n) is 4.31. The Kier molecular flexibility index (Phi) is 5.77. The van der Waals surface area contributed by atoms with Gasteiger partial charge in [-0.15, -0.1) is 0 Å². The number of hydrogen-bond donors (Lipinski definition) is 2. The molecule has 2 N–H and O–H groups in total. The first-order chi connectivity index (χ1) is 15.1. The fourth-order valence-corrected chi connectivity index (χ4v) is 5.39. The highest BCUT2D eigenvalue weighted by Gasteiger charge is 2.28. The topological polar surface area (TPSA) is 99.3 Å². The molecule has 3 aromatic rings.